The Bertz CT molecular complexity index is 1370. The quantitative estimate of drug-likeness (QED) is 0.533. The molecule has 7 heteroatoms. The molecule has 148 valence electrons. The van der Waals surface area contributed by atoms with Crippen LogP contribution in [0.4, 0.5) is 5.69 Å². The van der Waals surface area contributed by atoms with Gasteiger partial charge in [-0.2, -0.15) is 4.36 Å². The maximum atomic E-state index is 12.4. The van der Waals surface area contributed by atoms with Crippen molar-refractivity contribution in [2.24, 2.45) is 11.4 Å². The van der Waals surface area contributed by atoms with Crippen molar-refractivity contribution in [1.82, 2.24) is 9.55 Å². The van der Waals surface area contributed by atoms with Crippen molar-refractivity contribution < 1.29 is 8.95 Å². The lowest BCUT2D eigenvalue weighted by Gasteiger charge is -2.14. The van der Waals surface area contributed by atoms with E-state index in [9.17, 15) is 9.00 Å². The Morgan fingerprint density at radius 2 is 1.79 bits per heavy atom. The van der Waals surface area contributed by atoms with Crippen LogP contribution < -0.4 is 10.3 Å². The summed E-state index contributed by atoms with van der Waals surface area (Å²) in [5.41, 5.74) is 2.59. The zero-order valence-electron chi connectivity index (χ0n) is 16.4. The van der Waals surface area contributed by atoms with Crippen molar-refractivity contribution in [3.05, 3.63) is 77.3 Å². The number of hydrogen-bond acceptors (Lipinski definition) is 4. The first-order valence-corrected chi connectivity index (χ1v) is 11.4. The van der Waals surface area contributed by atoms with Crippen LogP contribution in [0.25, 0.3) is 22.0 Å². The van der Waals surface area contributed by atoms with Crippen molar-refractivity contribution in [1.29, 1.82) is 0 Å². The van der Waals surface area contributed by atoms with Crippen LogP contribution in [0.15, 0.2) is 76.1 Å². The van der Waals surface area contributed by atoms with Gasteiger partial charge in [-0.05, 0) is 36.4 Å². The second kappa shape index (κ2) is 7.25. The van der Waals surface area contributed by atoms with Crippen molar-refractivity contribution in [3.8, 4) is 22.6 Å². The molecular weight excluding hydrogens is 386 g/mol. The molecular formula is C22H21N3O3S. The second-order valence-electron chi connectivity index (χ2n) is 7.09. The first-order valence-electron chi connectivity index (χ1n) is 9.03. The summed E-state index contributed by atoms with van der Waals surface area (Å²) in [6.45, 7) is 0. The summed E-state index contributed by atoms with van der Waals surface area (Å²) in [6, 6.07) is 16.8. The first-order chi connectivity index (χ1) is 13.8. The van der Waals surface area contributed by atoms with Gasteiger partial charge in [-0.15, -0.1) is 0 Å². The molecule has 0 unspecified atom stereocenters. The highest BCUT2D eigenvalue weighted by molar-refractivity contribution is 7.92. The van der Waals surface area contributed by atoms with Gasteiger partial charge in [-0.25, -0.2) is 4.21 Å². The molecule has 1 N–H and O–H groups in total. The fraction of sp³-hybridized carbons (Fsp3) is 0.136. The maximum Gasteiger partial charge on any atom is 0.274 e. The molecule has 0 atom stereocenters. The fourth-order valence-corrected chi connectivity index (χ4v) is 3.85. The van der Waals surface area contributed by atoms with Gasteiger partial charge < -0.3 is 14.3 Å². The van der Waals surface area contributed by atoms with E-state index >= 15 is 0 Å². The van der Waals surface area contributed by atoms with E-state index in [1.165, 1.54) is 4.57 Å². The Morgan fingerprint density at radius 3 is 2.52 bits per heavy atom. The molecule has 4 aromatic rings. The summed E-state index contributed by atoms with van der Waals surface area (Å²) in [7, 11) is -0.610. The van der Waals surface area contributed by atoms with Crippen LogP contribution in [0.3, 0.4) is 0 Å². The normalized spacial score (nSPS) is 11.6. The zero-order valence-corrected chi connectivity index (χ0v) is 17.2. The molecule has 2 aromatic heterocycles. The molecule has 0 aliphatic carbocycles. The molecule has 0 amide bonds. The minimum Gasteiger partial charge on any atom is -0.457 e. The lowest BCUT2D eigenvalue weighted by molar-refractivity contribution is 0.484. The molecule has 6 nitrogen and oxygen atoms in total. The van der Waals surface area contributed by atoms with E-state index in [0.29, 0.717) is 22.7 Å². The molecule has 2 heterocycles. The third-order valence-corrected chi connectivity index (χ3v) is 5.09. The fourth-order valence-electron chi connectivity index (χ4n) is 3.23. The highest BCUT2D eigenvalue weighted by Gasteiger charge is 2.15. The largest absolute Gasteiger partial charge is 0.457 e. The Morgan fingerprint density at radius 1 is 1.03 bits per heavy atom. The summed E-state index contributed by atoms with van der Waals surface area (Å²) in [4.78, 5) is 15.5. The molecule has 29 heavy (non-hydrogen) atoms. The number of pyridine rings is 1. The number of nitrogens with zero attached hydrogens (tertiary/aromatic N) is 2. The predicted molar refractivity (Wildman–Crippen MR) is 118 cm³/mol. The second-order valence-corrected chi connectivity index (χ2v) is 9.64. The number of para-hydroxylation sites is 1. The van der Waals surface area contributed by atoms with Gasteiger partial charge in [-0.1, -0.05) is 18.2 Å². The number of H-pyrrole nitrogens is 1. The number of ether oxygens (including phenoxy) is 1. The monoisotopic (exact) mass is 407 g/mol. The molecule has 0 fully saturated rings. The number of benzene rings is 2. The van der Waals surface area contributed by atoms with Crippen molar-refractivity contribution in [2.75, 3.05) is 12.5 Å². The van der Waals surface area contributed by atoms with Gasteiger partial charge in [0, 0.05) is 58.2 Å². The number of aryl methyl sites for hydroxylation is 1. The van der Waals surface area contributed by atoms with E-state index in [4.69, 9.17) is 4.74 Å². The Kier molecular flexibility index (Phi) is 4.76. The van der Waals surface area contributed by atoms with Gasteiger partial charge >= 0.3 is 0 Å². The molecule has 0 spiro atoms. The average molecular weight is 407 g/mol. The Balaban J connectivity index is 1.98. The van der Waals surface area contributed by atoms with Gasteiger partial charge in [0.1, 0.15) is 17.0 Å². The molecule has 2 aromatic carbocycles. The van der Waals surface area contributed by atoms with Crippen LogP contribution in [0.2, 0.25) is 0 Å². The van der Waals surface area contributed by atoms with Crippen molar-refractivity contribution >= 4 is 26.3 Å². The Hall–Kier alpha value is -3.32. The number of aromatic nitrogens is 2. The lowest BCUT2D eigenvalue weighted by Crippen LogP contribution is -2.16. The summed E-state index contributed by atoms with van der Waals surface area (Å²) in [5.74, 6) is 1.32. The van der Waals surface area contributed by atoms with Gasteiger partial charge in [0.05, 0.1) is 5.69 Å². The predicted octanol–water partition coefficient (Wildman–Crippen LogP) is 4.69. The summed E-state index contributed by atoms with van der Waals surface area (Å²) < 4.78 is 24.2. The van der Waals surface area contributed by atoms with Crippen LogP contribution in [0.1, 0.15) is 0 Å². The van der Waals surface area contributed by atoms with Crippen LogP contribution in [0, 0.1) is 0 Å². The smallest absolute Gasteiger partial charge is 0.274 e. The molecule has 4 rings (SSSR count). The molecule has 0 aliphatic heterocycles. The number of nitrogens with one attached hydrogen (secondary N) is 1. The lowest BCUT2D eigenvalue weighted by atomic mass is 10.0. The molecule has 0 aliphatic rings. The van der Waals surface area contributed by atoms with Crippen LogP contribution in [-0.4, -0.2) is 26.3 Å². The van der Waals surface area contributed by atoms with E-state index in [0.717, 1.165) is 16.5 Å². The highest BCUT2D eigenvalue weighted by atomic mass is 32.2. The van der Waals surface area contributed by atoms with Crippen molar-refractivity contribution in [3.63, 3.8) is 0 Å². The Labute approximate surface area is 169 Å². The van der Waals surface area contributed by atoms with Gasteiger partial charge in [-0.3, -0.25) is 4.79 Å². The highest BCUT2D eigenvalue weighted by Crippen LogP contribution is 2.39. The topological polar surface area (TPSA) is 76.5 Å². The zero-order chi connectivity index (χ0) is 20.6. The number of aromatic amines is 1. The van der Waals surface area contributed by atoms with Crippen LogP contribution >= 0.6 is 0 Å². The SMILES string of the molecule is Cn1cc(-c2cc(N=S(C)(C)=O)ccc2Oc2ccccc2)c2cc[nH]c2c1=O. The molecule has 0 bridgehead atoms. The van der Waals surface area contributed by atoms with Crippen LogP contribution in [0.5, 0.6) is 11.5 Å². The summed E-state index contributed by atoms with van der Waals surface area (Å²) in [5, 5.41) is 0.789. The third-order valence-electron chi connectivity index (χ3n) is 4.44. The average Bonchev–Trinajstić information content (AvgIpc) is 3.16. The van der Waals surface area contributed by atoms with Gasteiger partial charge in [0.2, 0.25) is 0 Å². The van der Waals surface area contributed by atoms with Crippen LogP contribution in [-0.2, 0) is 16.8 Å². The summed E-state index contributed by atoms with van der Waals surface area (Å²) >= 11 is 0. The number of rotatable bonds is 4. The number of fused-ring (bicyclic) bond motifs is 1. The van der Waals surface area contributed by atoms with Gasteiger partial charge in [0.25, 0.3) is 5.56 Å². The van der Waals surface area contributed by atoms with Gasteiger partial charge in [0.15, 0.2) is 0 Å². The molecule has 0 saturated carbocycles. The minimum atomic E-state index is -2.32. The maximum absolute atomic E-state index is 12.4. The van der Waals surface area contributed by atoms with E-state index in [1.54, 1.807) is 38.0 Å². The van der Waals surface area contributed by atoms with E-state index in [-0.39, 0.29) is 5.56 Å². The standard InChI is InChI=1S/C22H21N3O3S/c1-25-14-19(17-11-12-23-21(17)22(25)26)18-13-15(24-29(2,3)27)9-10-20(18)28-16-7-5-4-6-8-16/h4-14,23H,1-3H3. The molecule has 0 saturated heterocycles. The van der Waals surface area contributed by atoms with Crippen molar-refractivity contribution in [2.45, 2.75) is 0 Å². The minimum absolute atomic E-state index is 0.106. The molecule has 0 radical (unpaired) electrons. The van der Waals surface area contributed by atoms with E-state index in [2.05, 4.69) is 9.35 Å². The summed E-state index contributed by atoms with van der Waals surface area (Å²) in [6.07, 6.45) is 6.71. The first kappa shape index (κ1) is 19.0. The van der Waals surface area contributed by atoms with E-state index in [1.807, 2.05) is 48.5 Å². The third kappa shape index (κ3) is 3.95. The van der Waals surface area contributed by atoms with E-state index < -0.39 is 9.73 Å². The number of hydrogen-bond donors (Lipinski definition) is 1.